The van der Waals surface area contributed by atoms with Crippen LogP contribution in [0.1, 0.15) is 23.6 Å². The second kappa shape index (κ2) is 11.4. The van der Waals surface area contributed by atoms with E-state index < -0.39 is 16.0 Å². The van der Waals surface area contributed by atoms with Crippen LogP contribution in [0.15, 0.2) is 53.4 Å². The van der Waals surface area contributed by atoms with Gasteiger partial charge in [-0.25, -0.2) is 13.2 Å². The van der Waals surface area contributed by atoms with E-state index in [1.165, 1.54) is 10.4 Å². The Balaban J connectivity index is 1.49. The number of ether oxygens (including phenoxy) is 1. The molecule has 0 unspecified atom stereocenters. The van der Waals surface area contributed by atoms with Gasteiger partial charge in [0.25, 0.3) is 0 Å². The number of piperazine rings is 1. The van der Waals surface area contributed by atoms with E-state index in [2.05, 4.69) is 5.32 Å². The number of sulfonamides is 1. The van der Waals surface area contributed by atoms with Gasteiger partial charge >= 0.3 is 5.97 Å². The second-order valence-electron chi connectivity index (χ2n) is 8.20. The number of nitrogens with one attached hydrogen (secondary N) is 1. The Morgan fingerprint density at radius 2 is 1.71 bits per heavy atom. The predicted octanol–water partition coefficient (Wildman–Crippen LogP) is 2.82. The van der Waals surface area contributed by atoms with Crippen LogP contribution >= 0.6 is 0 Å². The van der Waals surface area contributed by atoms with Crippen LogP contribution in [0.3, 0.4) is 0 Å². The first kappa shape index (κ1) is 25.6. The molecule has 1 fully saturated rings. The summed E-state index contributed by atoms with van der Waals surface area (Å²) >= 11 is 0. The summed E-state index contributed by atoms with van der Waals surface area (Å²) in [5.41, 5.74) is 3.22. The molecule has 3 rings (SSSR count). The van der Waals surface area contributed by atoms with Gasteiger partial charge in [-0.3, -0.25) is 9.69 Å². The van der Waals surface area contributed by atoms with Gasteiger partial charge in [0.2, 0.25) is 15.9 Å². The highest BCUT2D eigenvalue weighted by molar-refractivity contribution is 7.89. The zero-order valence-electron chi connectivity index (χ0n) is 19.8. The van der Waals surface area contributed by atoms with Crippen LogP contribution in [-0.4, -0.2) is 68.8 Å². The minimum atomic E-state index is -3.56. The van der Waals surface area contributed by atoms with Crippen molar-refractivity contribution in [3.8, 4) is 0 Å². The van der Waals surface area contributed by atoms with E-state index in [0.29, 0.717) is 43.4 Å². The standard InChI is InChI=1S/C25H31N3O5S/c1-4-33-25(30)12-8-21-6-9-22(10-7-21)26-24(29)18-27-13-15-28(16-14-27)34(31,32)23-11-5-19(2)17-20(23)3/h5-12,17H,4,13-16,18H2,1-3H3,(H,26,29)/b12-8+. The van der Waals surface area contributed by atoms with Crippen molar-refractivity contribution in [1.82, 2.24) is 9.21 Å². The summed E-state index contributed by atoms with van der Waals surface area (Å²) in [5, 5.41) is 2.85. The monoisotopic (exact) mass is 485 g/mol. The highest BCUT2D eigenvalue weighted by Gasteiger charge is 2.30. The Morgan fingerprint density at radius 3 is 2.32 bits per heavy atom. The third kappa shape index (κ3) is 6.75. The third-order valence-corrected chi connectivity index (χ3v) is 7.60. The van der Waals surface area contributed by atoms with Crippen molar-refractivity contribution in [2.24, 2.45) is 0 Å². The largest absolute Gasteiger partial charge is 0.463 e. The molecule has 9 heteroatoms. The Hall–Kier alpha value is -3.01. The van der Waals surface area contributed by atoms with E-state index in [9.17, 15) is 18.0 Å². The summed E-state index contributed by atoms with van der Waals surface area (Å²) in [6.07, 6.45) is 3.01. The van der Waals surface area contributed by atoms with Gasteiger partial charge in [-0.05, 0) is 56.2 Å². The number of esters is 1. The van der Waals surface area contributed by atoms with Gasteiger partial charge in [-0.1, -0.05) is 29.8 Å². The molecule has 0 radical (unpaired) electrons. The number of hydrogen-bond acceptors (Lipinski definition) is 6. The van der Waals surface area contributed by atoms with Crippen molar-refractivity contribution in [3.63, 3.8) is 0 Å². The number of benzene rings is 2. The van der Waals surface area contributed by atoms with Crippen LogP contribution in [0.4, 0.5) is 5.69 Å². The Labute approximate surface area is 201 Å². The zero-order chi connectivity index (χ0) is 24.7. The zero-order valence-corrected chi connectivity index (χ0v) is 20.6. The number of amides is 1. The fraction of sp³-hybridized carbons (Fsp3) is 0.360. The summed E-state index contributed by atoms with van der Waals surface area (Å²) in [6, 6.07) is 12.5. The van der Waals surface area contributed by atoms with Crippen molar-refractivity contribution in [2.75, 3.05) is 44.6 Å². The molecular weight excluding hydrogens is 454 g/mol. The quantitative estimate of drug-likeness (QED) is 0.456. The molecule has 0 aliphatic carbocycles. The molecule has 1 N–H and O–H groups in total. The fourth-order valence-electron chi connectivity index (χ4n) is 3.79. The van der Waals surface area contributed by atoms with Gasteiger partial charge in [0, 0.05) is 37.9 Å². The third-order valence-electron chi connectivity index (χ3n) is 5.54. The van der Waals surface area contributed by atoms with Crippen molar-refractivity contribution in [2.45, 2.75) is 25.7 Å². The van der Waals surface area contributed by atoms with Gasteiger partial charge < -0.3 is 10.1 Å². The number of anilines is 1. The van der Waals surface area contributed by atoms with Crippen LogP contribution in [0.2, 0.25) is 0 Å². The summed E-state index contributed by atoms with van der Waals surface area (Å²) < 4.78 is 32.4. The minimum Gasteiger partial charge on any atom is -0.463 e. The van der Waals surface area contributed by atoms with Gasteiger partial charge in [-0.2, -0.15) is 4.31 Å². The molecule has 0 saturated carbocycles. The van der Waals surface area contributed by atoms with Crippen LogP contribution in [0, 0.1) is 13.8 Å². The minimum absolute atomic E-state index is 0.166. The maximum atomic E-state index is 13.0. The van der Waals surface area contributed by atoms with Crippen LogP contribution in [0.5, 0.6) is 0 Å². The fourth-order valence-corrected chi connectivity index (χ4v) is 5.42. The van der Waals surface area contributed by atoms with E-state index in [0.717, 1.165) is 16.7 Å². The Morgan fingerprint density at radius 1 is 1.03 bits per heavy atom. The molecule has 0 bridgehead atoms. The highest BCUT2D eigenvalue weighted by atomic mass is 32.2. The maximum absolute atomic E-state index is 13.0. The number of aryl methyl sites for hydroxylation is 2. The molecule has 1 aliphatic heterocycles. The van der Waals surface area contributed by atoms with E-state index in [1.807, 2.05) is 30.9 Å². The molecular formula is C25H31N3O5S. The van der Waals surface area contributed by atoms with Crippen molar-refractivity contribution in [1.29, 1.82) is 0 Å². The summed E-state index contributed by atoms with van der Waals surface area (Å²) in [6.45, 7) is 7.64. The number of carbonyl (C=O) groups excluding carboxylic acids is 2. The van der Waals surface area contributed by atoms with Gasteiger partial charge in [0.1, 0.15) is 0 Å². The van der Waals surface area contributed by atoms with Crippen molar-refractivity contribution < 1.29 is 22.7 Å². The van der Waals surface area contributed by atoms with Gasteiger partial charge in [0.15, 0.2) is 0 Å². The molecule has 8 nitrogen and oxygen atoms in total. The number of hydrogen-bond donors (Lipinski definition) is 1. The lowest BCUT2D eigenvalue weighted by atomic mass is 10.2. The lowest BCUT2D eigenvalue weighted by Gasteiger charge is -2.33. The van der Waals surface area contributed by atoms with Crippen LogP contribution < -0.4 is 5.32 Å². The van der Waals surface area contributed by atoms with Crippen molar-refractivity contribution >= 4 is 33.7 Å². The summed E-state index contributed by atoms with van der Waals surface area (Å²) in [5.74, 6) is -0.567. The van der Waals surface area contributed by atoms with Gasteiger partial charge in [-0.15, -0.1) is 0 Å². The molecule has 1 saturated heterocycles. The molecule has 182 valence electrons. The average molecular weight is 486 g/mol. The molecule has 0 atom stereocenters. The Kier molecular flexibility index (Phi) is 8.60. The smallest absolute Gasteiger partial charge is 0.330 e. The first-order valence-corrected chi connectivity index (χ1v) is 12.7. The maximum Gasteiger partial charge on any atom is 0.330 e. The first-order valence-electron chi connectivity index (χ1n) is 11.2. The van der Waals surface area contributed by atoms with E-state index in [4.69, 9.17) is 4.74 Å². The molecule has 1 heterocycles. The summed E-state index contributed by atoms with van der Waals surface area (Å²) in [4.78, 5) is 26.1. The molecule has 2 aromatic carbocycles. The highest BCUT2D eigenvalue weighted by Crippen LogP contribution is 2.22. The molecule has 1 aliphatic rings. The van der Waals surface area contributed by atoms with Crippen molar-refractivity contribution in [3.05, 3.63) is 65.2 Å². The van der Waals surface area contributed by atoms with E-state index >= 15 is 0 Å². The molecule has 0 aromatic heterocycles. The second-order valence-corrected chi connectivity index (χ2v) is 10.1. The molecule has 34 heavy (non-hydrogen) atoms. The topological polar surface area (TPSA) is 96.0 Å². The summed E-state index contributed by atoms with van der Waals surface area (Å²) in [7, 11) is -3.56. The lowest BCUT2D eigenvalue weighted by Crippen LogP contribution is -2.50. The lowest BCUT2D eigenvalue weighted by molar-refractivity contribution is -0.137. The molecule has 2 aromatic rings. The predicted molar refractivity (Wildman–Crippen MR) is 132 cm³/mol. The van der Waals surface area contributed by atoms with E-state index in [-0.39, 0.29) is 12.5 Å². The normalized spacial score (nSPS) is 15.4. The number of rotatable bonds is 8. The Bertz CT molecular complexity index is 1150. The SMILES string of the molecule is CCOC(=O)/C=C/c1ccc(NC(=O)CN2CCN(S(=O)(=O)c3ccc(C)cc3C)CC2)cc1. The number of carbonyl (C=O) groups is 2. The van der Waals surface area contributed by atoms with Crippen LogP contribution in [-0.2, 0) is 24.3 Å². The first-order chi connectivity index (χ1) is 16.2. The van der Waals surface area contributed by atoms with E-state index in [1.54, 1.807) is 43.3 Å². The molecule has 0 spiro atoms. The average Bonchev–Trinajstić information content (AvgIpc) is 2.79. The van der Waals surface area contributed by atoms with Gasteiger partial charge in [0.05, 0.1) is 18.0 Å². The van der Waals surface area contributed by atoms with Crippen LogP contribution in [0.25, 0.3) is 6.08 Å². The number of nitrogens with zero attached hydrogens (tertiary/aromatic N) is 2. The molecule has 1 amide bonds.